The van der Waals surface area contributed by atoms with Gasteiger partial charge in [0.2, 0.25) is 15.9 Å². The van der Waals surface area contributed by atoms with Gasteiger partial charge in [0.25, 0.3) is 0 Å². The number of halogens is 1. The van der Waals surface area contributed by atoms with E-state index in [0.717, 1.165) is 9.87 Å². The maximum Gasteiger partial charge on any atom is 0.242 e. The van der Waals surface area contributed by atoms with Gasteiger partial charge in [0, 0.05) is 30.8 Å². The van der Waals surface area contributed by atoms with Crippen LogP contribution < -0.4 is 10.6 Å². The van der Waals surface area contributed by atoms with Gasteiger partial charge in [-0.1, -0.05) is 23.7 Å². The second-order valence-electron chi connectivity index (χ2n) is 6.01. The molecule has 1 atom stereocenters. The Kier molecular flexibility index (Phi) is 6.77. The Labute approximate surface area is 159 Å². The first kappa shape index (κ1) is 20.4. The van der Waals surface area contributed by atoms with Crippen LogP contribution in [0.5, 0.6) is 0 Å². The number of carbonyl (C=O) groups excluding carboxylic acids is 1. The van der Waals surface area contributed by atoms with Gasteiger partial charge in [0.05, 0.1) is 11.4 Å². The molecule has 26 heavy (non-hydrogen) atoms. The van der Waals surface area contributed by atoms with E-state index in [9.17, 15) is 13.2 Å². The molecule has 1 amide bonds. The summed E-state index contributed by atoms with van der Waals surface area (Å²) in [5.41, 5.74) is 1.56. The zero-order valence-corrected chi connectivity index (χ0v) is 16.4. The van der Waals surface area contributed by atoms with E-state index < -0.39 is 10.0 Å². The van der Waals surface area contributed by atoms with E-state index >= 15 is 0 Å². The summed E-state index contributed by atoms with van der Waals surface area (Å²) in [6.45, 7) is 2.08. The van der Waals surface area contributed by atoms with Crippen LogP contribution in [0.15, 0.2) is 53.4 Å². The van der Waals surface area contributed by atoms with Crippen LogP contribution in [0.25, 0.3) is 0 Å². The first-order valence-electron chi connectivity index (χ1n) is 8.01. The number of hydrogen-bond donors (Lipinski definition) is 2. The molecule has 0 aliphatic heterocycles. The molecule has 0 fully saturated rings. The molecule has 2 N–H and O–H groups in total. The average molecular weight is 396 g/mol. The van der Waals surface area contributed by atoms with Crippen LogP contribution in [0.4, 0.5) is 5.69 Å². The van der Waals surface area contributed by atoms with Gasteiger partial charge in [-0.05, 0) is 48.9 Å². The zero-order chi connectivity index (χ0) is 19.3. The second-order valence-corrected chi connectivity index (χ2v) is 8.60. The quantitative estimate of drug-likeness (QED) is 0.755. The van der Waals surface area contributed by atoms with Gasteiger partial charge in [-0.2, -0.15) is 0 Å². The van der Waals surface area contributed by atoms with E-state index in [1.807, 2.05) is 19.1 Å². The van der Waals surface area contributed by atoms with Crippen LogP contribution in [0.3, 0.4) is 0 Å². The third kappa shape index (κ3) is 5.28. The lowest BCUT2D eigenvalue weighted by Crippen LogP contribution is -2.30. The van der Waals surface area contributed by atoms with Crippen LogP contribution >= 0.6 is 11.6 Å². The van der Waals surface area contributed by atoms with Gasteiger partial charge in [-0.3, -0.25) is 4.79 Å². The molecule has 2 rings (SSSR count). The lowest BCUT2D eigenvalue weighted by molar-refractivity contribution is -0.115. The highest BCUT2D eigenvalue weighted by Crippen LogP contribution is 2.17. The fraction of sp³-hybridized carbons (Fsp3) is 0.278. The number of nitrogens with one attached hydrogen (secondary N) is 2. The predicted octanol–water partition coefficient (Wildman–Crippen LogP) is 2.88. The molecular weight excluding hydrogens is 374 g/mol. The average Bonchev–Trinajstić information content (AvgIpc) is 2.60. The maximum atomic E-state index is 12.1. The normalized spacial score (nSPS) is 12.8. The summed E-state index contributed by atoms with van der Waals surface area (Å²) in [5.74, 6) is -0.214. The molecule has 140 valence electrons. The van der Waals surface area contributed by atoms with Gasteiger partial charge in [0.15, 0.2) is 0 Å². The summed E-state index contributed by atoms with van der Waals surface area (Å²) >= 11 is 5.87. The highest BCUT2D eigenvalue weighted by molar-refractivity contribution is 7.89. The van der Waals surface area contributed by atoms with Crippen molar-refractivity contribution in [3.8, 4) is 0 Å². The Balaban J connectivity index is 1.90. The summed E-state index contributed by atoms with van der Waals surface area (Å²) in [7, 11) is -0.537. The van der Waals surface area contributed by atoms with E-state index in [4.69, 9.17) is 11.6 Å². The van der Waals surface area contributed by atoms with Crippen molar-refractivity contribution >= 4 is 33.2 Å². The van der Waals surface area contributed by atoms with Crippen molar-refractivity contribution in [2.24, 2.45) is 0 Å². The Morgan fingerprint density at radius 2 is 1.65 bits per heavy atom. The minimum absolute atomic E-state index is 0.00868. The van der Waals surface area contributed by atoms with Gasteiger partial charge in [-0.15, -0.1) is 0 Å². The Morgan fingerprint density at radius 1 is 1.08 bits per heavy atom. The van der Waals surface area contributed by atoms with E-state index in [1.165, 1.54) is 26.2 Å². The Bertz CT molecular complexity index is 850. The fourth-order valence-corrected chi connectivity index (χ4v) is 3.27. The fourth-order valence-electron chi connectivity index (χ4n) is 2.24. The lowest BCUT2D eigenvalue weighted by Gasteiger charge is -2.15. The van der Waals surface area contributed by atoms with Crippen molar-refractivity contribution in [2.75, 3.05) is 26.0 Å². The van der Waals surface area contributed by atoms with E-state index in [-0.39, 0.29) is 23.4 Å². The summed E-state index contributed by atoms with van der Waals surface area (Å²) in [6, 6.07) is 13.5. The molecule has 0 aliphatic rings. The molecule has 0 spiro atoms. The van der Waals surface area contributed by atoms with E-state index in [0.29, 0.717) is 10.7 Å². The molecule has 0 aliphatic carbocycles. The highest BCUT2D eigenvalue weighted by atomic mass is 35.5. The molecule has 6 nitrogen and oxygen atoms in total. The number of anilines is 1. The number of nitrogens with zero attached hydrogens (tertiary/aromatic N) is 1. The summed E-state index contributed by atoms with van der Waals surface area (Å²) in [4.78, 5) is 12.2. The zero-order valence-electron chi connectivity index (χ0n) is 14.9. The molecule has 0 radical (unpaired) electrons. The van der Waals surface area contributed by atoms with Crippen LogP contribution in [0.2, 0.25) is 5.02 Å². The third-order valence-corrected chi connectivity index (χ3v) is 5.94. The molecule has 2 aromatic rings. The van der Waals surface area contributed by atoms with Crippen LogP contribution in [0, 0.1) is 0 Å². The first-order chi connectivity index (χ1) is 12.2. The van der Waals surface area contributed by atoms with Gasteiger partial charge in [-0.25, -0.2) is 12.7 Å². The topological polar surface area (TPSA) is 78.5 Å². The van der Waals surface area contributed by atoms with Crippen LogP contribution in [-0.4, -0.2) is 39.3 Å². The lowest BCUT2D eigenvalue weighted by atomic mass is 10.1. The van der Waals surface area contributed by atoms with Crippen molar-refractivity contribution in [2.45, 2.75) is 17.9 Å². The molecule has 8 heteroatoms. The Hall–Kier alpha value is -1.93. The second kappa shape index (κ2) is 8.64. The number of carbonyl (C=O) groups is 1. The van der Waals surface area contributed by atoms with Crippen molar-refractivity contribution in [1.82, 2.24) is 9.62 Å². The molecule has 2 aromatic carbocycles. The number of amides is 1. The summed E-state index contributed by atoms with van der Waals surface area (Å²) in [5, 5.41) is 6.53. The van der Waals surface area contributed by atoms with Crippen LogP contribution in [-0.2, 0) is 14.8 Å². The van der Waals surface area contributed by atoms with Gasteiger partial charge in [0.1, 0.15) is 0 Å². The van der Waals surface area contributed by atoms with Crippen molar-refractivity contribution in [3.05, 3.63) is 59.1 Å². The largest absolute Gasteiger partial charge is 0.325 e. The van der Waals surface area contributed by atoms with Crippen molar-refractivity contribution in [1.29, 1.82) is 0 Å². The predicted molar refractivity (Wildman–Crippen MR) is 104 cm³/mol. The maximum absolute atomic E-state index is 12.1. The van der Waals surface area contributed by atoms with Gasteiger partial charge >= 0.3 is 0 Å². The number of sulfonamides is 1. The number of hydrogen-bond acceptors (Lipinski definition) is 4. The number of rotatable bonds is 7. The SMILES string of the molecule is C[C@H](NCC(=O)Nc1ccc(S(=O)(=O)N(C)C)cc1)c1ccc(Cl)cc1. The van der Waals surface area contributed by atoms with E-state index in [1.54, 1.807) is 24.3 Å². The Morgan fingerprint density at radius 3 is 2.19 bits per heavy atom. The molecular formula is C18H22ClN3O3S. The summed E-state index contributed by atoms with van der Waals surface area (Å²) in [6.07, 6.45) is 0. The first-order valence-corrected chi connectivity index (χ1v) is 9.83. The molecule has 0 saturated heterocycles. The van der Waals surface area contributed by atoms with Crippen molar-refractivity contribution in [3.63, 3.8) is 0 Å². The number of benzene rings is 2. The molecule has 0 unspecified atom stereocenters. The third-order valence-electron chi connectivity index (χ3n) is 3.86. The minimum atomic E-state index is -3.48. The molecule has 0 heterocycles. The molecule has 0 saturated carbocycles. The standard InChI is InChI=1S/C18H22ClN3O3S/c1-13(14-4-6-15(19)7-5-14)20-12-18(23)21-16-8-10-17(11-9-16)26(24,25)22(2)3/h4-11,13,20H,12H2,1-3H3,(H,21,23)/t13-/m0/s1. The minimum Gasteiger partial charge on any atom is -0.325 e. The highest BCUT2D eigenvalue weighted by Gasteiger charge is 2.16. The smallest absolute Gasteiger partial charge is 0.242 e. The molecule has 0 aromatic heterocycles. The monoisotopic (exact) mass is 395 g/mol. The summed E-state index contributed by atoms with van der Waals surface area (Å²) < 4.78 is 25.2. The van der Waals surface area contributed by atoms with Crippen molar-refractivity contribution < 1.29 is 13.2 Å². The molecule has 0 bridgehead atoms. The van der Waals surface area contributed by atoms with Gasteiger partial charge < -0.3 is 10.6 Å². The van der Waals surface area contributed by atoms with Crippen LogP contribution in [0.1, 0.15) is 18.5 Å². The van der Waals surface area contributed by atoms with E-state index in [2.05, 4.69) is 10.6 Å².